The fourth-order valence-corrected chi connectivity index (χ4v) is 7.31. The van der Waals surface area contributed by atoms with Crippen LogP contribution < -0.4 is 0 Å². The van der Waals surface area contributed by atoms with Crippen LogP contribution in [-0.2, 0) is 0 Å². The molecule has 5 heteroatoms. The summed E-state index contributed by atoms with van der Waals surface area (Å²) in [6.45, 7) is 0. The Bertz CT molecular complexity index is 2770. The molecular weight excluding hydrogens is 538 g/mol. The van der Waals surface area contributed by atoms with Crippen LogP contribution >= 0.6 is 0 Å². The predicted molar refractivity (Wildman–Crippen MR) is 181 cm³/mol. The molecule has 0 saturated heterocycles. The van der Waals surface area contributed by atoms with E-state index >= 15 is 0 Å². The van der Waals surface area contributed by atoms with Crippen molar-refractivity contribution in [1.82, 2.24) is 24.1 Å². The van der Waals surface area contributed by atoms with Gasteiger partial charge in [0, 0.05) is 68.2 Å². The number of hydrogen-bond acceptors (Lipinski definition) is 3. The van der Waals surface area contributed by atoms with Gasteiger partial charge >= 0.3 is 0 Å². The first-order chi connectivity index (χ1) is 21.9. The molecule has 5 nitrogen and oxygen atoms in total. The Labute approximate surface area is 251 Å². The highest BCUT2D eigenvalue weighted by Gasteiger charge is 2.25. The summed E-state index contributed by atoms with van der Waals surface area (Å²) < 4.78 is 4.85. The summed E-state index contributed by atoms with van der Waals surface area (Å²) in [7, 11) is 0. The molecular formula is C39H23N5. The van der Waals surface area contributed by atoms with Gasteiger partial charge in [0.2, 0.25) is 0 Å². The first-order valence-corrected chi connectivity index (χ1v) is 14.8. The molecule has 5 aromatic heterocycles. The molecule has 5 aromatic carbocycles. The molecule has 0 atom stereocenters. The molecule has 0 aliphatic heterocycles. The second kappa shape index (κ2) is 8.72. The zero-order chi connectivity index (χ0) is 28.8. The van der Waals surface area contributed by atoms with Gasteiger partial charge in [0.1, 0.15) is 0 Å². The van der Waals surface area contributed by atoms with E-state index in [1.165, 1.54) is 32.4 Å². The number of para-hydroxylation sites is 3. The van der Waals surface area contributed by atoms with E-state index in [-0.39, 0.29) is 0 Å². The molecule has 0 saturated carbocycles. The molecule has 0 radical (unpaired) electrons. The summed E-state index contributed by atoms with van der Waals surface area (Å²) in [5.41, 5.74) is 8.67. The van der Waals surface area contributed by atoms with E-state index in [2.05, 4.69) is 123 Å². The normalized spacial score (nSPS) is 12.1. The minimum atomic E-state index is 0.902. The van der Waals surface area contributed by atoms with Gasteiger partial charge in [0.05, 0.1) is 38.8 Å². The lowest BCUT2D eigenvalue weighted by molar-refractivity contribution is 1.18. The Hall–Kier alpha value is -6.07. The topological polar surface area (TPSA) is 48.5 Å². The molecule has 0 bridgehead atoms. The molecule has 44 heavy (non-hydrogen) atoms. The van der Waals surface area contributed by atoms with Crippen molar-refractivity contribution < 1.29 is 0 Å². The number of pyridine rings is 3. The van der Waals surface area contributed by atoms with E-state index in [9.17, 15) is 0 Å². The largest absolute Gasteiger partial charge is 0.308 e. The predicted octanol–water partition coefficient (Wildman–Crippen LogP) is 9.53. The lowest BCUT2D eigenvalue weighted by atomic mass is 10.0. The fourth-order valence-electron chi connectivity index (χ4n) is 7.31. The Morgan fingerprint density at radius 1 is 0.432 bits per heavy atom. The van der Waals surface area contributed by atoms with Gasteiger partial charge in [0.15, 0.2) is 0 Å². The van der Waals surface area contributed by atoms with Crippen LogP contribution in [0.5, 0.6) is 0 Å². The fraction of sp³-hybridized carbons (Fsp3) is 0. The van der Waals surface area contributed by atoms with E-state index in [0.29, 0.717) is 0 Å². The van der Waals surface area contributed by atoms with Crippen LogP contribution in [0.1, 0.15) is 0 Å². The van der Waals surface area contributed by atoms with Gasteiger partial charge in [-0.25, -0.2) is 0 Å². The number of aromatic nitrogens is 5. The number of benzene rings is 5. The molecule has 0 fully saturated rings. The number of hydrogen-bond donors (Lipinski definition) is 0. The monoisotopic (exact) mass is 561 g/mol. The average molecular weight is 562 g/mol. The van der Waals surface area contributed by atoms with Crippen LogP contribution in [0.15, 0.2) is 140 Å². The Balaban J connectivity index is 1.52. The summed E-state index contributed by atoms with van der Waals surface area (Å²) in [6, 6.07) is 40.9. The lowest BCUT2D eigenvalue weighted by Gasteiger charge is -2.14. The lowest BCUT2D eigenvalue weighted by Crippen LogP contribution is -1.98. The number of rotatable bonds is 2. The summed E-state index contributed by atoms with van der Waals surface area (Å²) in [5, 5.41) is 9.31. The van der Waals surface area contributed by atoms with Gasteiger partial charge in [-0.3, -0.25) is 15.0 Å². The first kappa shape index (κ1) is 23.5. The minimum Gasteiger partial charge on any atom is -0.308 e. The molecule has 10 aromatic rings. The third-order valence-electron chi connectivity index (χ3n) is 9.05. The van der Waals surface area contributed by atoms with E-state index in [1.807, 2.05) is 30.9 Å². The van der Waals surface area contributed by atoms with E-state index in [4.69, 9.17) is 9.97 Å². The smallest absolute Gasteiger partial charge is 0.0985 e. The second-order valence-corrected chi connectivity index (χ2v) is 11.3. The molecule has 10 rings (SSSR count). The van der Waals surface area contributed by atoms with Gasteiger partial charge < -0.3 is 9.13 Å². The molecule has 0 aliphatic carbocycles. The summed E-state index contributed by atoms with van der Waals surface area (Å²) in [6.07, 6.45) is 7.70. The van der Waals surface area contributed by atoms with Crippen molar-refractivity contribution in [3.8, 4) is 11.4 Å². The Morgan fingerprint density at radius 2 is 1.18 bits per heavy atom. The third kappa shape index (κ3) is 3.00. The molecule has 0 amide bonds. The van der Waals surface area contributed by atoms with Crippen molar-refractivity contribution in [2.45, 2.75) is 0 Å². The average Bonchev–Trinajstić information content (AvgIpc) is 3.62. The van der Waals surface area contributed by atoms with Crippen molar-refractivity contribution in [2.24, 2.45) is 0 Å². The van der Waals surface area contributed by atoms with Crippen molar-refractivity contribution in [3.63, 3.8) is 0 Å². The van der Waals surface area contributed by atoms with Gasteiger partial charge in [-0.2, -0.15) is 0 Å². The molecule has 0 unspecified atom stereocenters. The highest BCUT2D eigenvalue weighted by Crippen LogP contribution is 2.47. The van der Waals surface area contributed by atoms with Crippen LogP contribution in [-0.4, -0.2) is 24.1 Å². The van der Waals surface area contributed by atoms with Gasteiger partial charge in [-0.15, -0.1) is 0 Å². The number of nitrogens with zero attached hydrogens (tertiary/aromatic N) is 5. The second-order valence-electron chi connectivity index (χ2n) is 11.3. The Kier molecular flexibility index (Phi) is 4.66. The molecule has 0 N–H and O–H groups in total. The molecule has 0 aliphatic rings. The Morgan fingerprint density at radius 3 is 2.05 bits per heavy atom. The van der Waals surface area contributed by atoms with Crippen molar-refractivity contribution in [2.75, 3.05) is 0 Å². The maximum atomic E-state index is 4.86. The maximum absolute atomic E-state index is 4.86. The highest BCUT2D eigenvalue weighted by atomic mass is 15.0. The molecule has 5 heterocycles. The SMILES string of the molecule is c1ccc(-n2c3ccccc3c3c2c2cnccc2c2c4ccccc4n(-c4ccnc5c4ccc4cccnc45)c23)cc1. The zero-order valence-corrected chi connectivity index (χ0v) is 23.5. The maximum Gasteiger partial charge on any atom is 0.0985 e. The molecule has 0 spiro atoms. The van der Waals surface area contributed by atoms with Crippen molar-refractivity contribution in [3.05, 3.63) is 140 Å². The minimum absolute atomic E-state index is 0.902. The van der Waals surface area contributed by atoms with Crippen LogP contribution in [0.2, 0.25) is 0 Å². The van der Waals surface area contributed by atoms with E-state index < -0.39 is 0 Å². The van der Waals surface area contributed by atoms with Crippen LogP contribution in [0.25, 0.3) is 87.6 Å². The zero-order valence-electron chi connectivity index (χ0n) is 23.5. The van der Waals surface area contributed by atoms with Crippen LogP contribution in [0.3, 0.4) is 0 Å². The first-order valence-electron chi connectivity index (χ1n) is 14.8. The quantitative estimate of drug-likeness (QED) is 0.198. The summed E-state index contributed by atoms with van der Waals surface area (Å²) >= 11 is 0. The van der Waals surface area contributed by atoms with E-state index in [0.717, 1.165) is 55.1 Å². The van der Waals surface area contributed by atoms with Gasteiger partial charge in [0.25, 0.3) is 0 Å². The molecule has 204 valence electrons. The summed E-state index contributed by atoms with van der Waals surface area (Å²) in [5.74, 6) is 0. The van der Waals surface area contributed by atoms with Gasteiger partial charge in [-0.1, -0.05) is 66.7 Å². The highest BCUT2D eigenvalue weighted by molar-refractivity contribution is 6.36. The van der Waals surface area contributed by atoms with Crippen LogP contribution in [0.4, 0.5) is 0 Å². The van der Waals surface area contributed by atoms with Crippen LogP contribution in [0, 0.1) is 0 Å². The van der Waals surface area contributed by atoms with Crippen molar-refractivity contribution >= 4 is 76.2 Å². The third-order valence-corrected chi connectivity index (χ3v) is 9.05. The van der Waals surface area contributed by atoms with Crippen molar-refractivity contribution in [1.29, 1.82) is 0 Å². The van der Waals surface area contributed by atoms with E-state index in [1.54, 1.807) is 0 Å². The standard InChI is InChI=1S/C39H23N5/c1-2-10-25(11-3-1)43-31-14-6-5-13-28(31)35-38(43)30-23-40-21-18-26(30)34-27-12-4-7-15-32(27)44(39(34)35)33-19-22-42-37-29(33)17-16-24-9-8-20-41-36(24)37/h1-23H. The number of fused-ring (bicyclic) bond motifs is 13. The van der Waals surface area contributed by atoms with Gasteiger partial charge in [-0.05, 0) is 53.9 Å². The summed E-state index contributed by atoms with van der Waals surface area (Å²) in [4.78, 5) is 14.3.